The van der Waals surface area contributed by atoms with Gasteiger partial charge in [0.2, 0.25) is 0 Å². The van der Waals surface area contributed by atoms with Gasteiger partial charge in [0.15, 0.2) is 0 Å². The van der Waals surface area contributed by atoms with Crippen LogP contribution < -0.4 is 0 Å². The van der Waals surface area contributed by atoms with Gasteiger partial charge in [0.25, 0.3) is 0 Å². The Morgan fingerprint density at radius 2 is 1.12 bits per heavy atom. The van der Waals surface area contributed by atoms with Crippen LogP contribution in [-0.2, 0) is 0 Å². The number of allylic oxidation sites excluding steroid dienone is 2. The van der Waals surface area contributed by atoms with Crippen molar-refractivity contribution in [2.24, 2.45) is 29.6 Å². The summed E-state index contributed by atoms with van der Waals surface area (Å²) in [5.41, 5.74) is 1.22. The van der Waals surface area contributed by atoms with Crippen molar-refractivity contribution in [3.8, 4) is 0 Å². The molecule has 0 aromatic rings. The molecule has 0 spiro atoms. The highest BCUT2D eigenvalue weighted by Gasteiger charge is 2.34. The minimum absolute atomic E-state index is 0.278. The van der Waals surface area contributed by atoms with E-state index in [9.17, 15) is 0 Å². The predicted octanol–water partition coefficient (Wildman–Crippen LogP) is 7.54. The Kier molecular flexibility index (Phi) is 8.81. The van der Waals surface area contributed by atoms with Gasteiger partial charge in [-0.3, -0.25) is 0 Å². The van der Waals surface area contributed by atoms with E-state index in [0.29, 0.717) is 0 Å². The summed E-state index contributed by atoms with van der Waals surface area (Å²) in [6.45, 7) is 4.64. The molecular formula is C25H46Si. The molecule has 3 aliphatic carbocycles. The van der Waals surface area contributed by atoms with Gasteiger partial charge in [-0.05, 0) is 87.4 Å². The summed E-state index contributed by atoms with van der Waals surface area (Å²) >= 11 is 0. The third-order valence-electron chi connectivity index (χ3n) is 8.47. The number of hydrogen-bond donors (Lipinski definition) is 0. The van der Waals surface area contributed by atoms with Crippen molar-refractivity contribution in [3.63, 3.8) is 0 Å². The molecule has 0 aliphatic heterocycles. The fourth-order valence-electron chi connectivity index (χ4n) is 6.67. The molecule has 0 radical (unpaired) electrons. The summed E-state index contributed by atoms with van der Waals surface area (Å²) in [5.74, 6) is 5.32. The van der Waals surface area contributed by atoms with Gasteiger partial charge in [-0.2, -0.15) is 0 Å². The van der Waals surface area contributed by atoms with E-state index in [1.165, 1.54) is 44.1 Å². The first-order valence-electron chi connectivity index (χ1n) is 12.5. The molecule has 3 saturated carbocycles. The third-order valence-corrected chi connectivity index (χ3v) is 11.2. The maximum atomic E-state index is 2.52. The Morgan fingerprint density at radius 3 is 1.58 bits per heavy atom. The van der Waals surface area contributed by atoms with Crippen molar-refractivity contribution in [2.75, 3.05) is 0 Å². The van der Waals surface area contributed by atoms with E-state index in [1.807, 2.05) is 0 Å². The van der Waals surface area contributed by atoms with Crippen LogP contribution in [0.1, 0.15) is 104 Å². The second-order valence-corrected chi connectivity index (χ2v) is 12.5. The van der Waals surface area contributed by atoms with Crippen molar-refractivity contribution in [3.05, 3.63) is 12.2 Å². The molecule has 0 unspecified atom stereocenters. The molecule has 0 atom stereocenters. The predicted molar refractivity (Wildman–Crippen MR) is 120 cm³/mol. The molecule has 0 aromatic carbocycles. The molecule has 3 rings (SSSR count). The van der Waals surface area contributed by atoms with Crippen LogP contribution >= 0.6 is 0 Å². The fraction of sp³-hybridized carbons (Fsp3) is 0.920. The Labute approximate surface area is 166 Å². The standard InChI is InChI=1S/C25H46Si/c1-3-5-6-20-7-9-21(10-8-20)22-11-13-23(14-12-22)24-15-17-25(18-16-24)26-19-4-2/h5-6,20-25H,3-4,7-19,26H2,1-2H3/b6-5+. The zero-order chi connectivity index (χ0) is 18.2. The van der Waals surface area contributed by atoms with Crippen LogP contribution in [0.25, 0.3) is 0 Å². The topological polar surface area (TPSA) is 0 Å². The van der Waals surface area contributed by atoms with Crippen LogP contribution in [0.3, 0.4) is 0 Å². The quantitative estimate of drug-likeness (QED) is 0.319. The summed E-state index contributed by atoms with van der Waals surface area (Å²) in [4.78, 5) is 0. The lowest BCUT2D eigenvalue weighted by molar-refractivity contribution is 0.117. The Balaban J connectivity index is 1.34. The molecule has 0 N–H and O–H groups in total. The normalized spacial score (nSPS) is 39.8. The molecule has 3 aliphatic rings. The minimum atomic E-state index is 0.278. The first kappa shape index (κ1) is 20.7. The monoisotopic (exact) mass is 374 g/mol. The Hall–Kier alpha value is -0.0431. The first-order valence-corrected chi connectivity index (χ1v) is 14.3. The minimum Gasteiger partial charge on any atom is -0.0885 e. The van der Waals surface area contributed by atoms with E-state index in [4.69, 9.17) is 0 Å². The number of hydrogen-bond acceptors (Lipinski definition) is 0. The summed E-state index contributed by atoms with van der Waals surface area (Å²) in [6.07, 6.45) is 26.4. The maximum Gasteiger partial charge on any atom is 0.0231 e. The van der Waals surface area contributed by atoms with E-state index in [0.717, 1.165) is 29.6 Å². The molecular weight excluding hydrogens is 328 g/mol. The van der Waals surface area contributed by atoms with Gasteiger partial charge >= 0.3 is 0 Å². The SMILES string of the molecule is CC/C=C/C1CCC(C2CCC(C3CCC([SiH2]CCC)CC3)CC2)CC1. The van der Waals surface area contributed by atoms with E-state index in [2.05, 4.69) is 26.0 Å². The van der Waals surface area contributed by atoms with Gasteiger partial charge in [0.05, 0.1) is 0 Å². The molecule has 1 heteroatoms. The number of rotatable bonds is 7. The molecule has 0 aromatic heterocycles. The lowest BCUT2D eigenvalue weighted by Gasteiger charge is -2.41. The van der Waals surface area contributed by atoms with Crippen LogP contribution in [-0.4, -0.2) is 9.52 Å². The lowest BCUT2D eigenvalue weighted by Crippen LogP contribution is -2.29. The average Bonchev–Trinajstić information content (AvgIpc) is 2.72. The lowest BCUT2D eigenvalue weighted by atomic mass is 9.65. The average molecular weight is 375 g/mol. The van der Waals surface area contributed by atoms with E-state index < -0.39 is 0 Å². The van der Waals surface area contributed by atoms with Crippen LogP contribution in [0.5, 0.6) is 0 Å². The zero-order valence-electron chi connectivity index (χ0n) is 17.9. The second kappa shape index (κ2) is 11.1. The van der Waals surface area contributed by atoms with Crippen LogP contribution in [0.15, 0.2) is 12.2 Å². The summed E-state index contributed by atoms with van der Waals surface area (Å²) < 4.78 is 0. The van der Waals surface area contributed by atoms with Crippen molar-refractivity contribution in [2.45, 2.75) is 115 Å². The zero-order valence-corrected chi connectivity index (χ0v) is 19.3. The second-order valence-electron chi connectivity index (χ2n) is 10.1. The molecule has 0 bridgehead atoms. The Bertz CT molecular complexity index is 390. The molecule has 0 saturated heterocycles. The largest absolute Gasteiger partial charge is 0.0885 e. The van der Waals surface area contributed by atoms with E-state index >= 15 is 0 Å². The van der Waals surface area contributed by atoms with Crippen LogP contribution in [0.4, 0.5) is 0 Å². The molecule has 26 heavy (non-hydrogen) atoms. The van der Waals surface area contributed by atoms with Crippen molar-refractivity contribution < 1.29 is 0 Å². The first-order chi connectivity index (χ1) is 12.8. The highest BCUT2D eigenvalue weighted by Crippen LogP contribution is 2.46. The molecule has 0 amide bonds. The van der Waals surface area contributed by atoms with E-state index in [1.54, 1.807) is 57.4 Å². The van der Waals surface area contributed by atoms with Crippen LogP contribution in [0, 0.1) is 29.6 Å². The molecule has 3 fully saturated rings. The smallest absolute Gasteiger partial charge is 0.0231 e. The van der Waals surface area contributed by atoms with Crippen molar-refractivity contribution in [1.82, 2.24) is 0 Å². The molecule has 0 heterocycles. The van der Waals surface area contributed by atoms with Crippen molar-refractivity contribution >= 4 is 9.52 Å². The summed E-state index contributed by atoms with van der Waals surface area (Å²) in [5, 5.41) is 0. The van der Waals surface area contributed by atoms with Crippen molar-refractivity contribution in [1.29, 1.82) is 0 Å². The van der Waals surface area contributed by atoms with Gasteiger partial charge in [0, 0.05) is 9.52 Å². The summed E-state index contributed by atoms with van der Waals surface area (Å²) in [6, 6.07) is 1.61. The fourth-order valence-corrected chi connectivity index (χ4v) is 8.70. The van der Waals surface area contributed by atoms with E-state index in [-0.39, 0.29) is 9.52 Å². The van der Waals surface area contributed by atoms with Gasteiger partial charge < -0.3 is 0 Å². The molecule has 0 nitrogen and oxygen atoms in total. The van der Waals surface area contributed by atoms with Crippen LogP contribution in [0.2, 0.25) is 11.6 Å². The van der Waals surface area contributed by atoms with Gasteiger partial charge in [-0.25, -0.2) is 0 Å². The highest BCUT2D eigenvalue weighted by atomic mass is 28.2. The Morgan fingerprint density at radius 1 is 0.654 bits per heavy atom. The van der Waals surface area contributed by atoms with Gasteiger partial charge in [0.1, 0.15) is 0 Å². The van der Waals surface area contributed by atoms with Gasteiger partial charge in [-0.15, -0.1) is 0 Å². The highest BCUT2D eigenvalue weighted by molar-refractivity contribution is 6.37. The summed E-state index contributed by atoms with van der Waals surface area (Å²) in [7, 11) is 0.278. The molecule has 150 valence electrons. The maximum absolute atomic E-state index is 2.52. The van der Waals surface area contributed by atoms with Gasteiger partial charge in [-0.1, -0.05) is 69.7 Å². The third kappa shape index (κ3) is 5.98.